The van der Waals surface area contributed by atoms with E-state index in [1.807, 2.05) is 12.1 Å². The van der Waals surface area contributed by atoms with Crippen molar-refractivity contribution < 1.29 is 4.74 Å². The standard InChI is InChI=1S/C19H20N6O/c20-10-13-11-22-19(12-21-13)23-18-9-16(24-25-18)15-7-3-4-8-17(15)26-14-5-1-2-6-14/h7-9,11-12,14H,1-6H2,(H2,22,23,24,25). The summed E-state index contributed by atoms with van der Waals surface area (Å²) in [5.41, 5.74) is 2.26. The third kappa shape index (κ3) is 3.59. The molecule has 0 saturated heterocycles. The van der Waals surface area contributed by atoms with Crippen LogP contribution in [-0.4, -0.2) is 26.3 Å². The average molecular weight is 348 g/mol. The Balaban J connectivity index is 1.48. The quantitative estimate of drug-likeness (QED) is 0.852. The maximum atomic E-state index is 8.78. The second kappa shape index (κ2) is 7.40. The van der Waals surface area contributed by atoms with E-state index in [-0.39, 0.29) is 5.69 Å². The van der Waals surface area contributed by atoms with Gasteiger partial charge >= 0.3 is 0 Å². The Morgan fingerprint density at radius 2 is 1.96 bits per heavy atom. The molecule has 0 amide bonds. The number of allylic oxidation sites excluding steroid dienone is 3. The van der Waals surface area contributed by atoms with Crippen LogP contribution in [0, 0.1) is 11.3 Å². The predicted octanol–water partition coefficient (Wildman–Crippen LogP) is 3.84. The maximum absolute atomic E-state index is 8.78. The van der Waals surface area contributed by atoms with E-state index in [4.69, 9.17) is 10.00 Å². The van der Waals surface area contributed by atoms with Crippen molar-refractivity contribution in [2.24, 2.45) is 0 Å². The summed E-state index contributed by atoms with van der Waals surface area (Å²) in [5, 5.41) is 19.2. The van der Waals surface area contributed by atoms with Gasteiger partial charge in [-0.05, 0) is 44.6 Å². The molecule has 2 aromatic rings. The summed E-state index contributed by atoms with van der Waals surface area (Å²) in [6.45, 7) is 0. The zero-order chi connectivity index (χ0) is 17.8. The van der Waals surface area contributed by atoms with E-state index in [0.717, 1.165) is 42.7 Å². The van der Waals surface area contributed by atoms with E-state index >= 15 is 0 Å². The van der Waals surface area contributed by atoms with Crippen LogP contribution in [0.2, 0.25) is 0 Å². The van der Waals surface area contributed by atoms with Crippen LogP contribution in [0.5, 0.6) is 0 Å². The topological polar surface area (TPSA) is 99.5 Å². The van der Waals surface area contributed by atoms with Gasteiger partial charge in [-0.15, -0.1) is 0 Å². The number of aromatic nitrogens is 4. The minimum Gasteiger partial charge on any atom is -0.490 e. The van der Waals surface area contributed by atoms with Crippen LogP contribution in [0.15, 0.2) is 36.4 Å². The highest BCUT2D eigenvalue weighted by Gasteiger charge is 2.22. The lowest BCUT2D eigenvalue weighted by Crippen LogP contribution is -2.10. The molecular formula is C19H20N6O. The lowest BCUT2D eigenvalue weighted by Gasteiger charge is -2.20. The number of rotatable bonds is 5. The smallest absolute Gasteiger partial charge is 0.158 e. The van der Waals surface area contributed by atoms with Crippen LogP contribution in [0.3, 0.4) is 0 Å². The van der Waals surface area contributed by atoms with Crippen molar-refractivity contribution in [1.82, 2.24) is 20.2 Å². The van der Waals surface area contributed by atoms with Crippen molar-refractivity contribution in [1.29, 1.82) is 5.26 Å². The minimum atomic E-state index is 0.282. The summed E-state index contributed by atoms with van der Waals surface area (Å²) in [4.78, 5) is 8.14. The SMILES string of the molecule is N#Cc1cnc(Nc2cc(C3=CCCC=C3OC3CCCC3)[nH]n2)cn1. The van der Waals surface area contributed by atoms with Gasteiger partial charge in [0.15, 0.2) is 11.5 Å². The van der Waals surface area contributed by atoms with E-state index in [9.17, 15) is 0 Å². The summed E-state index contributed by atoms with van der Waals surface area (Å²) in [6.07, 6.45) is 14.4. The van der Waals surface area contributed by atoms with Gasteiger partial charge in [-0.2, -0.15) is 10.4 Å². The van der Waals surface area contributed by atoms with Gasteiger partial charge in [0, 0.05) is 11.6 Å². The number of H-pyrrole nitrogens is 1. The van der Waals surface area contributed by atoms with E-state index in [2.05, 4.69) is 37.6 Å². The number of aromatic amines is 1. The molecule has 0 radical (unpaired) electrons. The molecule has 7 heteroatoms. The number of nitriles is 1. The molecule has 0 atom stereocenters. The molecule has 2 aromatic heterocycles. The Bertz CT molecular complexity index is 868. The highest BCUT2D eigenvalue weighted by atomic mass is 16.5. The maximum Gasteiger partial charge on any atom is 0.158 e. The molecule has 26 heavy (non-hydrogen) atoms. The van der Waals surface area contributed by atoms with Gasteiger partial charge in [-0.25, -0.2) is 9.97 Å². The Morgan fingerprint density at radius 1 is 1.12 bits per heavy atom. The third-order valence-corrected chi connectivity index (χ3v) is 4.60. The zero-order valence-corrected chi connectivity index (χ0v) is 14.4. The molecule has 0 spiro atoms. The molecule has 1 saturated carbocycles. The summed E-state index contributed by atoms with van der Waals surface area (Å²) in [6, 6.07) is 3.88. The highest BCUT2D eigenvalue weighted by Crippen LogP contribution is 2.33. The number of nitrogens with one attached hydrogen (secondary N) is 2. The Morgan fingerprint density at radius 3 is 2.73 bits per heavy atom. The van der Waals surface area contributed by atoms with Gasteiger partial charge in [-0.1, -0.05) is 6.08 Å². The fourth-order valence-corrected chi connectivity index (χ4v) is 3.30. The van der Waals surface area contributed by atoms with E-state index in [1.54, 1.807) is 0 Å². The molecule has 1 fully saturated rings. The van der Waals surface area contributed by atoms with Gasteiger partial charge in [-0.3, -0.25) is 5.10 Å². The zero-order valence-electron chi connectivity index (χ0n) is 14.4. The first-order valence-electron chi connectivity index (χ1n) is 8.94. The molecular weight excluding hydrogens is 328 g/mol. The Kier molecular flexibility index (Phi) is 4.65. The number of anilines is 2. The van der Waals surface area contributed by atoms with Gasteiger partial charge in [0.05, 0.1) is 24.2 Å². The lowest BCUT2D eigenvalue weighted by atomic mass is 10.0. The van der Waals surface area contributed by atoms with Crippen LogP contribution in [0.4, 0.5) is 11.6 Å². The van der Waals surface area contributed by atoms with Gasteiger partial charge in [0.1, 0.15) is 17.6 Å². The van der Waals surface area contributed by atoms with Crippen molar-refractivity contribution in [2.45, 2.75) is 44.6 Å². The number of nitrogens with zero attached hydrogens (tertiary/aromatic N) is 4. The molecule has 0 aromatic carbocycles. The van der Waals surface area contributed by atoms with Crippen molar-refractivity contribution in [3.05, 3.63) is 47.8 Å². The highest BCUT2D eigenvalue weighted by molar-refractivity contribution is 5.77. The van der Waals surface area contributed by atoms with Crippen molar-refractivity contribution in [2.75, 3.05) is 5.32 Å². The van der Waals surface area contributed by atoms with Crippen LogP contribution < -0.4 is 5.32 Å². The predicted molar refractivity (Wildman–Crippen MR) is 97.3 cm³/mol. The third-order valence-electron chi connectivity index (χ3n) is 4.60. The van der Waals surface area contributed by atoms with Crippen molar-refractivity contribution in [3.8, 4) is 6.07 Å². The fourth-order valence-electron chi connectivity index (χ4n) is 3.30. The molecule has 2 aliphatic rings. The summed E-state index contributed by atoms with van der Waals surface area (Å²) < 4.78 is 6.24. The summed E-state index contributed by atoms with van der Waals surface area (Å²) >= 11 is 0. The first kappa shape index (κ1) is 16.3. The summed E-state index contributed by atoms with van der Waals surface area (Å²) in [7, 11) is 0. The first-order valence-corrected chi connectivity index (χ1v) is 8.94. The molecule has 2 heterocycles. The number of hydrogen-bond donors (Lipinski definition) is 2. The van der Waals surface area contributed by atoms with Crippen LogP contribution >= 0.6 is 0 Å². The van der Waals surface area contributed by atoms with Crippen LogP contribution in [0.25, 0.3) is 5.57 Å². The molecule has 0 aliphatic heterocycles. The Labute approximate surface area is 151 Å². The lowest BCUT2D eigenvalue weighted by molar-refractivity contribution is 0.132. The molecule has 2 aliphatic carbocycles. The molecule has 0 unspecified atom stereocenters. The van der Waals surface area contributed by atoms with Gasteiger partial charge in [0.25, 0.3) is 0 Å². The van der Waals surface area contributed by atoms with E-state index < -0.39 is 0 Å². The minimum absolute atomic E-state index is 0.282. The second-order valence-electron chi connectivity index (χ2n) is 6.48. The average Bonchev–Trinajstić information content (AvgIpc) is 3.35. The number of ether oxygens (including phenoxy) is 1. The number of hydrogen-bond acceptors (Lipinski definition) is 6. The summed E-state index contributed by atoms with van der Waals surface area (Å²) in [5.74, 6) is 2.14. The molecule has 2 N–H and O–H groups in total. The van der Waals surface area contributed by atoms with Crippen LogP contribution in [-0.2, 0) is 4.74 Å². The van der Waals surface area contributed by atoms with E-state index in [0.29, 0.717) is 17.7 Å². The normalized spacial score (nSPS) is 17.3. The molecule has 4 rings (SSSR count). The van der Waals surface area contributed by atoms with Crippen molar-refractivity contribution in [3.63, 3.8) is 0 Å². The van der Waals surface area contributed by atoms with Crippen molar-refractivity contribution >= 4 is 17.2 Å². The Hall–Kier alpha value is -3.14. The molecule has 7 nitrogen and oxygen atoms in total. The van der Waals surface area contributed by atoms with Gasteiger partial charge < -0.3 is 10.1 Å². The van der Waals surface area contributed by atoms with Crippen LogP contribution in [0.1, 0.15) is 49.9 Å². The van der Waals surface area contributed by atoms with E-state index in [1.165, 1.54) is 25.2 Å². The largest absolute Gasteiger partial charge is 0.490 e. The fraction of sp³-hybridized carbons (Fsp3) is 0.368. The monoisotopic (exact) mass is 348 g/mol. The first-order chi connectivity index (χ1) is 12.8. The second-order valence-corrected chi connectivity index (χ2v) is 6.48. The molecule has 132 valence electrons. The van der Waals surface area contributed by atoms with Gasteiger partial charge in [0.2, 0.25) is 0 Å². The molecule has 0 bridgehead atoms.